The van der Waals surface area contributed by atoms with E-state index in [4.69, 9.17) is 0 Å². The van der Waals surface area contributed by atoms with E-state index in [1.165, 1.54) is 5.56 Å². The minimum atomic E-state index is 1.03. The van der Waals surface area contributed by atoms with Crippen LogP contribution in [0.1, 0.15) is 5.56 Å². The quantitative estimate of drug-likeness (QED) is 0.861. The van der Waals surface area contributed by atoms with Crippen LogP contribution >= 0.6 is 15.9 Å². The minimum Gasteiger partial charge on any atom is -0.340 e. The number of halogens is 1. The molecule has 3 rings (SSSR count). The predicted molar refractivity (Wildman–Crippen MR) is 84.8 cm³/mol. The third-order valence-electron chi connectivity index (χ3n) is 3.77. The van der Waals surface area contributed by atoms with Gasteiger partial charge < -0.3 is 9.47 Å². The van der Waals surface area contributed by atoms with E-state index in [-0.39, 0.29) is 0 Å². The van der Waals surface area contributed by atoms with E-state index in [9.17, 15) is 0 Å². The molecule has 0 spiro atoms. The van der Waals surface area contributed by atoms with Gasteiger partial charge in [-0.1, -0.05) is 28.1 Å². The van der Waals surface area contributed by atoms with Crippen molar-refractivity contribution in [3.05, 3.63) is 46.7 Å². The lowest BCUT2D eigenvalue weighted by atomic mass is 10.2. The first-order chi connectivity index (χ1) is 9.72. The number of rotatable bonds is 3. The summed E-state index contributed by atoms with van der Waals surface area (Å²) in [4.78, 5) is 9.29. The van der Waals surface area contributed by atoms with Crippen LogP contribution in [0.3, 0.4) is 0 Å². The van der Waals surface area contributed by atoms with E-state index in [2.05, 4.69) is 66.6 Å². The van der Waals surface area contributed by atoms with Gasteiger partial charge >= 0.3 is 0 Å². The second kappa shape index (κ2) is 5.97. The number of hydrogen-bond acceptors (Lipinski definition) is 3. The molecule has 0 bridgehead atoms. The van der Waals surface area contributed by atoms with Gasteiger partial charge in [0.15, 0.2) is 0 Å². The first-order valence-electron chi connectivity index (χ1n) is 6.91. The molecular formula is C15H19BrN4. The van der Waals surface area contributed by atoms with Crippen molar-refractivity contribution in [1.29, 1.82) is 0 Å². The summed E-state index contributed by atoms with van der Waals surface area (Å²) in [5.74, 6) is 1.08. The number of imidazole rings is 1. The molecule has 2 heterocycles. The topological polar surface area (TPSA) is 24.3 Å². The molecule has 0 amide bonds. The fraction of sp³-hybridized carbons (Fsp3) is 0.400. The van der Waals surface area contributed by atoms with Crippen molar-refractivity contribution in [3.63, 3.8) is 0 Å². The summed E-state index contributed by atoms with van der Waals surface area (Å²) in [6.07, 6.45) is 3.87. The van der Waals surface area contributed by atoms with Crippen LogP contribution in [0.2, 0.25) is 0 Å². The molecule has 0 radical (unpaired) electrons. The van der Waals surface area contributed by atoms with Crippen molar-refractivity contribution in [2.75, 3.05) is 31.1 Å². The fourth-order valence-corrected chi connectivity index (χ4v) is 2.88. The van der Waals surface area contributed by atoms with E-state index >= 15 is 0 Å². The molecule has 4 nitrogen and oxygen atoms in total. The van der Waals surface area contributed by atoms with E-state index < -0.39 is 0 Å². The van der Waals surface area contributed by atoms with Crippen molar-refractivity contribution >= 4 is 21.9 Å². The van der Waals surface area contributed by atoms with Crippen molar-refractivity contribution < 1.29 is 0 Å². The molecule has 0 N–H and O–H groups in total. The zero-order valence-corrected chi connectivity index (χ0v) is 13.3. The maximum absolute atomic E-state index is 4.42. The Bertz CT molecular complexity index is 556. The van der Waals surface area contributed by atoms with Gasteiger partial charge in [-0.3, -0.25) is 4.90 Å². The average molecular weight is 335 g/mol. The molecule has 5 heteroatoms. The number of aromatic nitrogens is 2. The molecule has 106 valence electrons. The second-order valence-corrected chi connectivity index (χ2v) is 6.14. The normalized spacial score (nSPS) is 16.6. The van der Waals surface area contributed by atoms with Crippen LogP contribution in [0.15, 0.2) is 41.1 Å². The third kappa shape index (κ3) is 3.04. The molecule has 1 aliphatic heterocycles. The van der Waals surface area contributed by atoms with Crippen molar-refractivity contribution in [2.45, 2.75) is 6.54 Å². The lowest BCUT2D eigenvalue weighted by Gasteiger charge is -2.35. The maximum Gasteiger partial charge on any atom is 0.205 e. The zero-order valence-electron chi connectivity index (χ0n) is 11.7. The van der Waals surface area contributed by atoms with Crippen LogP contribution in [0.25, 0.3) is 0 Å². The number of aryl methyl sites for hydroxylation is 1. The van der Waals surface area contributed by atoms with Crippen molar-refractivity contribution in [3.8, 4) is 0 Å². The Morgan fingerprint density at radius 2 is 1.80 bits per heavy atom. The summed E-state index contributed by atoms with van der Waals surface area (Å²) in [6, 6.07) is 8.60. The molecule has 20 heavy (non-hydrogen) atoms. The molecule has 0 unspecified atom stereocenters. The molecule has 0 atom stereocenters. The first kappa shape index (κ1) is 13.6. The van der Waals surface area contributed by atoms with Gasteiger partial charge in [0.25, 0.3) is 0 Å². The summed E-state index contributed by atoms with van der Waals surface area (Å²) >= 11 is 3.48. The maximum atomic E-state index is 4.42. The summed E-state index contributed by atoms with van der Waals surface area (Å²) in [7, 11) is 2.05. The number of hydrogen-bond donors (Lipinski definition) is 0. The predicted octanol–water partition coefficient (Wildman–Crippen LogP) is 2.50. The Balaban J connectivity index is 1.56. The third-order valence-corrected chi connectivity index (χ3v) is 4.30. The van der Waals surface area contributed by atoms with Crippen molar-refractivity contribution in [2.24, 2.45) is 7.05 Å². The standard InChI is InChI=1S/C15H19BrN4/c1-18-7-6-17-15(18)20-10-8-19(9-11-20)12-13-2-4-14(16)5-3-13/h2-7H,8-12H2,1H3. The Labute approximate surface area is 128 Å². The van der Waals surface area contributed by atoms with Crippen LogP contribution in [-0.2, 0) is 13.6 Å². The van der Waals surface area contributed by atoms with E-state index in [0.29, 0.717) is 0 Å². The highest BCUT2D eigenvalue weighted by Crippen LogP contribution is 2.16. The molecule has 0 aliphatic carbocycles. The Morgan fingerprint density at radius 1 is 1.10 bits per heavy atom. The summed E-state index contributed by atoms with van der Waals surface area (Å²) in [6.45, 7) is 5.29. The van der Waals surface area contributed by atoms with Crippen LogP contribution in [0.5, 0.6) is 0 Å². The Kier molecular flexibility index (Phi) is 4.08. The average Bonchev–Trinajstić information content (AvgIpc) is 2.89. The second-order valence-electron chi connectivity index (χ2n) is 5.23. The van der Waals surface area contributed by atoms with Gasteiger partial charge in [-0.05, 0) is 17.7 Å². The molecule has 1 aliphatic rings. The van der Waals surface area contributed by atoms with Crippen molar-refractivity contribution in [1.82, 2.24) is 14.5 Å². The van der Waals surface area contributed by atoms with Crippen LogP contribution < -0.4 is 4.90 Å². The highest BCUT2D eigenvalue weighted by atomic mass is 79.9. The van der Waals surface area contributed by atoms with Gasteiger partial charge in [0, 0.05) is 56.6 Å². The Hall–Kier alpha value is -1.33. The number of piperazine rings is 1. The molecule has 2 aromatic rings. The van der Waals surface area contributed by atoms with Gasteiger partial charge in [0.2, 0.25) is 5.95 Å². The smallest absolute Gasteiger partial charge is 0.205 e. The van der Waals surface area contributed by atoms with Crippen LogP contribution in [0.4, 0.5) is 5.95 Å². The monoisotopic (exact) mass is 334 g/mol. The van der Waals surface area contributed by atoms with Gasteiger partial charge in [-0.2, -0.15) is 0 Å². The molecular weight excluding hydrogens is 316 g/mol. The van der Waals surface area contributed by atoms with Gasteiger partial charge in [-0.15, -0.1) is 0 Å². The number of benzene rings is 1. The van der Waals surface area contributed by atoms with Gasteiger partial charge in [0.05, 0.1) is 0 Å². The lowest BCUT2D eigenvalue weighted by Crippen LogP contribution is -2.46. The highest BCUT2D eigenvalue weighted by Gasteiger charge is 2.19. The van der Waals surface area contributed by atoms with E-state index in [1.54, 1.807) is 0 Å². The lowest BCUT2D eigenvalue weighted by molar-refractivity contribution is 0.248. The molecule has 1 fully saturated rings. The highest BCUT2D eigenvalue weighted by molar-refractivity contribution is 9.10. The summed E-state index contributed by atoms with van der Waals surface area (Å²) < 4.78 is 3.23. The number of anilines is 1. The van der Waals surface area contributed by atoms with Gasteiger partial charge in [0.1, 0.15) is 0 Å². The summed E-state index contributed by atoms with van der Waals surface area (Å²) in [5.41, 5.74) is 1.37. The molecule has 0 saturated carbocycles. The SMILES string of the molecule is Cn1ccnc1N1CCN(Cc2ccc(Br)cc2)CC1. The zero-order chi connectivity index (χ0) is 13.9. The molecule has 1 aromatic heterocycles. The summed E-state index contributed by atoms with van der Waals surface area (Å²) in [5, 5.41) is 0. The van der Waals surface area contributed by atoms with E-state index in [0.717, 1.165) is 43.1 Å². The van der Waals surface area contributed by atoms with Gasteiger partial charge in [-0.25, -0.2) is 4.98 Å². The van der Waals surface area contributed by atoms with Crippen LogP contribution in [-0.4, -0.2) is 40.6 Å². The minimum absolute atomic E-state index is 1.03. The number of nitrogens with zero attached hydrogens (tertiary/aromatic N) is 4. The fourth-order valence-electron chi connectivity index (χ4n) is 2.62. The molecule has 1 saturated heterocycles. The Morgan fingerprint density at radius 3 is 2.40 bits per heavy atom. The van der Waals surface area contributed by atoms with E-state index in [1.807, 2.05) is 12.4 Å². The largest absolute Gasteiger partial charge is 0.340 e. The van der Waals surface area contributed by atoms with Crippen LogP contribution in [0, 0.1) is 0 Å². The molecule has 1 aromatic carbocycles. The first-order valence-corrected chi connectivity index (χ1v) is 7.71.